The van der Waals surface area contributed by atoms with Crippen LogP contribution in [0, 0.1) is 11.3 Å². The largest absolute Gasteiger partial charge is 0.328 e. The van der Waals surface area contributed by atoms with Gasteiger partial charge in [-0.15, -0.1) is 0 Å². The molecule has 0 aliphatic carbocycles. The fraction of sp³-hybridized carbons (Fsp3) is 0.217. The lowest BCUT2D eigenvalue weighted by Crippen LogP contribution is -2.43. The Morgan fingerprint density at radius 3 is 2.63 bits per heavy atom. The third-order valence-electron chi connectivity index (χ3n) is 5.99. The number of hydrogen-bond acceptors (Lipinski definition) is 4. The molecular weight excluding hydrogens is 380 g/mol. The zero-order chi connectivity index (χ0) is 20.8. The highest BCUT2D eigenvalue weighted by Gasteiger charge is 2.43. The van der Waals surface area contributed by atoms with Crippen molar-refractivity contribution < 1.29 is 4.79 Å². The Bertz CT molecular complexity index is 1320. The molecule has 1 aromatic carbocycles. The number of amides is 1. The number of nitriles is 1. The van der Waals surface area contributed by atoms with Crippen molar-refractivity contribution in [3.8, 4) is 17.3 Å². The first kappa shape index (κ1) is 18.1. The van der Waals surface area contributed by atoms with Crippen LogP contribution >= 0.6 is 0 Å². The molecule has 0 spiro atoms. The zero-order valence-electron chi connectivity index (χ0n) is 16.0. The summed E-state index contributed by atoms with van der Waals surface area (Å²) in [6.45, 7) is 0. The van der Waals surface area contributed by atoms with E-state index in [4.69, 9.17) is 0 Å². The number of aromatic amines is 2. The zero-order valence-corrected chi connectivity index (χ0v) is 16.0. The fourth-order valence-electron chi connectivity index (χ4n) is 4.65. The van der Waals surface area contributed by atoms with Crippen molar-refractivity contribution in [1.82, 2.24) is 14.9 Å². The van der Waals surface area contributed by atoms with Crippen LogP contribution in [0.15, 0.2) is 58.1 Å². The SMILES string of the molecule is N#Cc1cc2c([nH]c1=O)CC1CCC2N1C(=O)c1cc(-c2ccccc2)[nH]c(=O)c1. The lowest BCUT2D eigenvalue weighted by atomic mass is 9.95. The summed E-state index contributed by atoms with van der Waals surface area (Å²) in [6.07, 6.45) is 2.10. The number of pyridine rings is 2. The smallest absolute Gasteiger partial charge is 0.266 e. The molecule has 4 heterocycles. The lowest BCUT2D eigenvalue weighted by molar-refractivity contribution is 0.0644. The third-order valence-corrected chi connectivity index (χ3v) is 5.99. The van der Waals surface area contributed by atoms with E-state index in [2.05, 4.69) is 9.97 Å². The molecule has 2 unspecified atom stereocenters. The molecule has 7 nitrogen and oxygen atoms in total. The maximum absolute atomic E-state index is 13.5. The van der Waals surface area contributed by atoms with Crippen molar-refractivity contribution in [2.75, 3.05) is 0 Å². The number of nitrogens with zero attached hydrogens (tertiary/aromatic N) is 2. The minimum atomic E-state index is -0.391. The highest BCUT2D eigenvalue weighted by atomic mass is 16.2. The number of aromatic nitrogens is 2. The van der Waals surface area contributed by atoms with E-state index in [1.54, 1.807) is 12.1 Å². The standard InChI is InChI=1S/C23H18N4O3/c24-12-15-8-17-19(26-22(15)29)11-16-6-7-20(17)27(16)23(30)14-9-18(25-21(28)10-14)13-4-2-1-3-5-13/h1-5,8-10,16,20H,6-7,11H2,(H,25,28)(H,26,29). The monoisotopic (exact) mass is 398 g/mol. The summed E-state index contributed by atoms with van der Waals surface area (Å²) in [5.41, 5.74) is 2.70. The number of nitrogens with one attached hydrogen (secondary N) is 2. The molecule has 2 aromatic heterocycles. The first-order valence-electron chi connectivity index (χ1n) is 9.84. The van der Waals surface area contributed by atoms with Crippen LogP contribution in [0.2, 0.25) is 0 Å². The second-order valence-corrected chi connectivity index (χ2v) is 7.73. The van der Waals surface area contributed by atoms with Crippen LogP contribution < -0.4 is 11.1 Å². The summed E-state index contributed by atoms with van der Waals surface area (Å²) in [5.74, 6) is -0.207. The predicted molar refractivity (Wildman–Crippen MR) is 110 cm³/mol. The molecule has 0 radical (unpaired) electrons. The van der Waals surface area contributed by atoms with E-state index in [1.807, 2.05) is 41.3 Å². The van der Waals surface area contributed by atoms with Crippen molar-refractivity contribution in [3.63, 3.8) is 0 Å². The van der Waals surface area contributed by atoms with E-state index in [0.717, 1.165) is 29.7 Å². The van der Waals surface area contributed by atoms with Gasteiger partial charge >= 0.3 is 0 Å². The van der Waals surface area contributed by atoms with Gasteiger partial charge in [-0.2, -0.15) is 5.26 Å². The molecule has 30 heavy (non-hydrogen) atoms. The number of hydrogen-bond donors (Lipinski definition) is 2. The Morgan fingerprint density at radius 1 is 1.07 bits per heavy atom. The van der Waals surface area contributed by atoms with Crippen molar-refractivity contribution in [2.24, 2.45) is 0 Å². The molecule has 2 aliphatic heterocycles. The second kappa shape index (κ2) is 6.85. The highest BCUT2D eigenvalue weighted by molar-refractivity contribution is 5.96. The van der Waals surface area contributed by atoms with Crippen LogP contribution in [0.1, 0.15) is 46.1 Å². The summed E-state index contributed by atoms with van der Waals surface area (Å²) in [6, 6.07) is 15.7. The minimum absolute atomic E-state index is 0.0435. The number of benzene rings is 1. The molecule has 1 saturated heterocycles. The number of carbonyl (C=O) groups excluding carboxylic acids is 1. The molecule has 0 saturated carbocycles. The van der Waals surface area contributed by atoms with E-state index in [9.17, 15) is 19.6 Å². The van der Waals surface area contributed by atoms with Gasteiger partial charge < -0.3 is 14.9 Å². The number of H-pyrrole nitrogens is 2. The third kappa shape index (κ3) is 2.85. The average Bonchev–Trinajstić information content (AvgIpc) is 3.08. The van der Waals surface area contributed by atoms with Gasteiger partial charge in [0.2, 0.25) is 5.56 Å². The van der Waals surface area contributed by atoms with E-state index in [-0.39, 0.29) is 29.1 Å². The van der Waals surface area contributed by atoms with Crippen LogP contribution in [0.25, 0.3) is 11.3 Å². The number of rotatable bonds is 2. The predicted octanol–water partition coefficient (Wildman–Crippen LogP) is 2.50. The number of carbonyl (C=O) groups is 1. The second-order valence-electron chi connectivity index (χ2n) is 7.73. The molecule has 2 N–H and O–H groups in total. The van der Waals surface area contributed by atoms with Crippen LogP contribution in [-0.4, -0.2) is 26.8 Å². The van der Waals surface area contributed by atoms with Gasteiger partial charge in [0.05, 0.1) is 6.04 Å². The van der Waals surface area contributed by atoms with Gasteiger partial charge in [0, 0.05) is 35.5 Å². The van der Waals surface area contributed by atoms with Gasteiger partial charge in [-0.3, -0.25) is 14.4 Å². The first-order valence-corrected chi connectivity index (χ1v) is 9.84. The van der Waals surface area contributed by atoms with Gasteiger partial charge in [-0.1, -0.05) is 30.3 Å². The molecule has 5 rings (SSSR count). The highest BCUT2D eigenvalue weighted by Crippen LogP contribution is 2.43. The fourth-order valence-corrected chi connectivity index (χ4v) is 4.65. The summed E-state index contributed by atoms with van der Waals surface area (Å²) in [7, 11) is 0. The average molecular weight is 398 g/mol. The molecule has 148 valence electrons. The van der Waals surface area contributed by atoms with Crippen molar-refractivity contribution in [3.05, 3.63) is 91.6 Å². The summed E-state index contributed by atoms with van der Waals surface area (Å²) >= 11 is 0. The molecule has 7 heteroatoms. The summed E-state index contributed by atoms with van der Waals surface area (Å²) in [4.78, 5) is 45.2. The molecule has 2 bridgehead atoms. The van der Waals surface area contributed by atoms with E-state index in [0.29, 0.717) is 17.7 Å². The Kier molecular flexibility index (Phi) is 4.14. The van der Waals surface area contributed by atoms with Gasteiger partial charge in [0.25, 0.3) is 11.5 Å². The number of fused-ring (bicyclic) bond motifs is 4. The molecule has 1 amide bonds. The maximum atomic E-state index is 13.5. The Balaban J connectivity index is 1.55. The van der Waals surface area contributed by atoms with Crippen molar-refractivity contribution in [1.29, 1.82) is 5.26 Å². The van der Waals surface area contributed by atoms with Gasteiger partial charge in [-0.05, 0) is 36.1 Å². The molecule has 2 atom stereocenters. The van der Waals surface area contributed by atoms with Gasteiger partial charge in [0.1, 0.15) is 11.6 Å². The summed E-state index contributed by atoms with van der Waals surface area (Å²) in [5, 5.41) is 9.22. The van der Waals surface area contributed by atoms with Crippen LogP contribution in [0.3, 0.4) is 0 Å². The summed E-state index contributed by atoms with van der Waals surface area (Å²) < 4.78 is 0. The normalized spacial score (nSPS) is 19.2. The van der Waals surface area contributed by atoms with Crippen LogP contribution in [0.5, 0.6) is 0 Å². The lowest BCUT2D eigenvalue weighted by Gasteiger charge is -2.36. The van der Waals surface area contributed by atoms with Crippen LogP contribution in [0.4, 0.5) is 0 Å². The Hall–Kier alpha value is -3.92. The van der Waals surface area contributed by atoms with Crippen molar-refractivity contribution >= 4 is 5.91 Å². The van der Waals surface area contributed by atoms with Gasteiger partial charge in [0.15, 0.2) is 0 Å². The van der Waals surface area contributed by atoms with E-state index < -0.39 is 5.56 Å². The Morgan fingerprint density at radius 2 is 1.87 bits per heavy atom. The topological polar surface area (TPSA) is 110 Å². The van der Waals surface area contributed by atoms with E-state index in [1.165, 1.54) is 6.07 Å². The minimum Gasteiger partial charge on any atom is -0.328 e. The van der Waals surface area contributed by atoms with E-state index >= 15 is 0 Å². The van der Waals surface area contributed by atoms with Gasteiger partial charge in [-0.25, -0.2) is 0 Å². The molecule has 1 fully saturated rings. The molecule has 3 aromatic rings. The Labute approximate surface area is 171 Å². The molecule has 2 aliphatic rings. The van der Waals surface area contributed by atoms with Crippen LogP contribution in [-0.2, 0) is 6.42 Å². The molecular formula is C23H18N4O3. The quantitative estimate of drug-likeness (QED) is 0.691. The first-order chi connectivity index (χ1) is 14.5. The maximum Gasteiger partial charge on any atom is 0.266 e. The van der Waals surface area contributed by atoms with Crippen molar-refractivity contribution in [2.45, 2.75) is 31.3 Å².